The number of allylic oxidation sites excluding steroid dienone is 1. The predicted molar refractivity (Wildman–Crippen MR) is 104 cm³/mol. The van der Waals surface area contributed by atoms with Gasteiger partial charge in [0.15, 0.2) is 0 Å². The molecule has 0 amide bonds. The number of hydrogen-bond acceptors (Lipinski definition) is 7. The van der Waals surface area contributed by atoms with Crippen molar-refractivity contribution in [2.75, 3.05) is 14.2 Å². The van der Waals surface area contributed by atoms with Gasteiger partial charge in [-0.1, -0.05) is 12.2 Å². The van der Waals surface area contributed by atoms with Crippen molar-refractivity contribution < 1.29 is 33.3 Å². The van der Waals surface area contributed by atoms with Crippen LogP contribution >= 0.6 is 0 Å². The van der Waals surface area contributed by atoms with Crippen molar-refractivity contribution in [2.45, 2.75) is 56.8 Å². The highest BCUT2D eigenvalue weighted by atomic mass is 16.6. The van der Waals surface area contributed by atoms with Crippen molar-refractivity contribution in [2.24, 2.45) is 28.6 Å². The van der Waals surface area contributed by atoms with Gasteiger partial charge in [0, 0.05) is 18.3 Å². The van der Waals surface area contributed by atoms with Gasteiger partial charge in [-0.25, -0.2) is 0 Å². The van der Waals surface area contributed by atoms with Crippen LogP contribution in [0.1, 0.15) is 39.5 Å². The van der Waals surface area contributed by atoms with E-state index in [1.54, 1.807) is 13.0 Å². The van der Waals surface area contributed by atoms with Crippen molar-refractivity contribution in [1.82, 2.24) is 0 Å². The van der Waals surface area contributed by atoms with Crippen LogP contribution in [0.2, 0.25) is 0 Å². The summed E-state index contributed by atoms with van der Waals surface area (Å²) in [5, 5.41) is 0. The molecule has 0 N–H and O–H groups in total. The van der Waals surface area contributed by atoms with Crippen LogP contribution in [0.15, 0.2) is 24.3 Å². The number of hydrogen-bond donors (Lipinski definition) is 0. The Bertz CT molecular complexity index is 907. The zero-order chi connectivity index (χ0) is 21.7. The van der Waals surface area contributed by atoms with Crippen molar-refractivity contribution in [3.05, 3.63) is 24.3 Å². The molecule has 0 aromatic rings. The standard InChI is InChI=1S/C23H28O7/c1-12-10-21-11-14(12)6-9-23(21)22(30-23)8-7-15(29-13(2)24)20(3,19(26)28-5)17(22)16(21)18(25)27-4/h7-8,14-17H,1,6,9-11H2,2-5H3. The van der Waals surface area contributed by atoms with Crippen molar-refractivity contribution in [3.8, 4) is 0 Å². The molecule has 8 unspecified atom stereocenters. The molecule has 0 radical (unpaired) electrons. The molecule has 4 aliphatic carbocycles. The van der Waals surface area contributed by atoms with E-state index in [-0.39, 0.29) is 5.97 Å². The smallest absolute Gasteiger partial charge is 0.316 e. The second kappa shape index (κ2) is 5.75. The van der Waals surface area contributed by atoms with E-state index in [1.165, 1.54) is 21.1 Å². The summed E-state index contributed by atoms with van der Waals surface area (Å²) in [6, 6.07) is 0. The molecule has 8 atom stereocenters. The van der Waals surface area contributed by atoms with Crippen LogP contribution in [0, 0.1) is 28.6 Å². The highest BCUT2D eigenvalue weighted by Gasteiger charge is 2.93. The summed E-state index contributed by atoms with van der Waals surface area (Å²) in [7, 11) is 2.69. The Morgan fingerprint density at radius 1 is 1.23 bits per heavy atom. The molecule has 5 rings (SSSR count). The molecular weight excluding hydrogens is 388 g/mol. The highest BCUT2D eigenvalue weighted by molar-refractivity contribution is 5.85. The van der Waals surface area contributed by atoms with Gasteiger partial charge in [-0.3, -0.25) is 14.4 Å². The lowest BCUT2D eigenvalue weighted by molar-refractivity contribution is -0.185. The molecule has 5 aliphatic rings. The Balaban J connectivity index is 1.74. The van der Waals surface area contributed by atoms with Gasteiger partial charge in [0.05, 0.1) is 20.1 Å². The SMILES string of the molecule is C=C1CC23CC1CCC21OC12C=CC(OC(C)=O)C(C)(C(=O)OC)C2C3C(=O)OC. The molecule has 1 aliphatic heterocycles. The summed E-state index contributed by atoms with van der Waals surface area (Å²) in [4.78, 5) is 38.4. The normalized spacial score (nSPS) is 49.5. The molecule has 3 saturated carbocycles. The Kier molecular flexibility index (Phi) is 3.79. The van der Waals surface area contributed by atoms with Gasteiger partial charge < -0.3 is 18.9 Å². The van der Waals surface area contributed by atoms with Crippen LogP contribution < -0.4 is 0 Å². The fourth-order valence-electron chi connectivity index (χ4n) is 7.78. The van der Waals surface area contributed by atoms with Crippen LogP contribution in [0.25, 0.3) is 0 Å². The van der Waals surface area contributed by atoms with Gasteiger partial charge in [0.25, 0.3) is 0 Å². The van der Waals surface area contributed by atoms with Gasteiger partial charge in [0.2, 0.25) is 0 Å². The van der Waals surface area contributed by atoms with Gasteiger partial charge in [0.1, 0.15) is 22.7 Å². The molecule has 30 heavy (non-hydrogen) atoms. The van der Waals surface area contributed by atoms with Crippen LogP contribution in [0.4, 0.5) is 0 Å². The first-order valence-electron chi connectivity index (χ1n) is 10.5. The topological polar surface area (TPSA) is 91.4 Å². The fourth-order valence-corrected chi connectivity index (χ4v) is 7.78. The molecule has 7 nitrogen and oxygen atoms in total. The van der Waals surface area contributed by atoms with Crippen LogP contribution in [0.3, 0.4) is 0 Å². The highest BCUT2D eigenvalue weighted by Crippen LogP contribution is 2.85. The summed E-state index contributed by atoms with van der Waals surface area (Å²) in [5.74, 6) is -2.17. The summed E-state index contributed by atoms with van der Waals surface area (Å²) in [6.07, 6.45) is 6.06. The molecule has 3 spiro atoms. The van der Waals surface area contributed by atoms with Crippen molar-refractivity contribution in [3.63, 3.8) is 0 Å². The number of carbonyl (C=O) groups is 3. The van der Waals surface area contributed by atoms with Crippen molar-refractivity contribution >= 4 is 17.9 Å². The molecule has 1 saturated heterocycles. The van der Waals surface area contributed by atoms with Gasteiger partial charge in [-0.2, -0.15) is 0 Å². The molecule has 4 fully saturated rings. The number of epoxide rings is 1. The number of carbonyl (C=O) groups excluding carboxylic acids is 3. The number of esters is 3. The zero-order valence-electron chi connectivity index (χ0n) is 17.9. The maximum absolute atomic E-state index is 13.3. The average Bonchev–Trinajstić information content (AvgIpc) is 3.18. The monoisotopic (exact) mass is 416 g/mol. The first-order valence-corrected chi connectivity index (χ1v) is 10.5. The maximum Gasteiger partial charge on any atom is 0.316 e. The average molecular weight is 416 g/mol. The summed E-state index contributed by atoms with van der Waals surface area (Å²) in [6.45, 7) is 7.32. The van der Waals surface area contributed by atoms with E-state index in [4.69, 9.17) is 18.9 Å². The minimum Gasteiger partial charge on any atom is -0.469 e. The number of methoxy groups -OCH3 is 2. The van der Waals surface area contributed by atoms with E-state index in [0.717, 1.165) is 24.8 Å². The van der Waals surface area contributed by atoms with Gasteiger partial charge in [-0.05, 0) is 50.7 Å². The lowest BCUT2D eigenvalue weighted by Gasteiger charge is -2.47. The van der Waals surface area contributed by atoms with E-state index in [1.807, 2.05) is 6.08 Å². The van der Waals surface area contributed by atoms with E-state index >= 15 is 0 Å². The van der Waals surface area contributed by atoms with Crippen LogP contribution in [-0.4, -0.2) is 49.4 Å². The number of rotatable bonds is 3. The number of ether oxygens (including phenoxy) is 4. The maximum atomic E-state index is 13.3. The summed E-state index contributed by atoms with van der Waals surface area (Å²) in [5.41, 5.74) is -1.93. The van der Waals surface area contributed by atoms with Crippen molar-refractivity contribution in [1.29, 1.82) is 0 Å². The number of fused-ring (bicyclic) bond motifs is 1. The third kappa shape index (κ3) is 1.89. The largest absolute Gasteiger partial charge is 0.469 e. The third-order valence-electron chi connectivity index (χ3n) is 8.83. The Morgan fingerprint density at radius 3 is 2.60 bits per heavy atom. The third-order valence-corrected chi connectivity index (χ3v) is 8.83. The molecule has 0 aromatic heterocycles. The molecule has 2 bridgehead atoms. The first kappa shape index (κ1) is 19.8. The lowest BCUT2D eigenvalue weighted by Crippen LogP contribution is -2.57. The minimum atomic E-state index is -1.29. The first-order chi connectivity index (χ1) is 14.1. The Morgan fingerprint density at radius 2 is 1.97 bits per heavy atom. The Labute approximate surface area is 175 Å². The summed E-state index contributed by atoms with van der Waals surface area (Å²) >= 11 is 0. The molecule has 1 heterocycles. The minimum absolute atomic E-state index is 0.349. The Hall–Kier alpha value is -2.15. The lowest BCUT2D eigenvalue weighted by atomic mass is 9.59. The van der Waals surface area contributed by atoms with E-state index < -0.39 is 51.9 Å². The second-order valence-corrected chi connectivity index (χ2v) is 9.79. The predicted octanol–water partition coefficient (Wildman–Crippen LogP) is 2.34. The van der Waals surface area contributed by atoms with Crippen LogP contribution in [0.5, 0.6) is 0 Å². The molecule has 162 valence electrons. The second-order valence-electron chi connectivity index (χ2n) is 9.79. The molecule has 7 heteroatoms. The van der Waals surface area contributed by atoms with E-state index in [9.17, 15) is 14.4 Å². The molecule has 0 aromatic carbocycles. The quantitative estimate of drug-likeness (QED) is 0.302. The van der Waals surface area contributed by atoms with Gasteiger partial charge >= 0.3 is 17.9 Å². The molecular formula is C23H28O7. The van der Waals surface area contributed by atoms with Gasteiger partial charge in [-0.15, -0.1) is 0 Å². The fraction of sp³-hybridized carbons (Fsp3) is 0.696. The zero-order valence-corrected chi connectivity index (χ0v) is 17.9. The van der Waals surface area contributed by atoms with E-state index in [2.05, 4.69) is 6.58 Å². The summed E-state index contributed by atoms with van der Waals surface area (Å²) < 4.78 is 22.6. The van der Waals surface area contributed by atoms with E-state index in [0.29, 0.717) is 12.3 Å². The van der Waals surface area contributed by atoms with Crippen LogP contribution in [-0.2, 0) is 33.3 Å².